The van der Waals surface area contributed by atoms with Crippen molar-refractivity contribution in [3.8, 4) is 0 Å². The minimum Gasteiger partial charge on any atom is -0.480 e. The van der Waals surface area contributed by atoms with E-state index >= 15 is 0 Å². The Kier molecular flexibility index (Phi) is 2.05. The first-order valence-corrected chi connectivity index (χ1v) is 4.28. The van der Waals surface area contributed by atoms with Crippen molar-refractivity contribution in [1.82, 2.24) is 5.32 Å². The van der Waals surface area contributed by atoms with E-state index in [1.807, 2.05) is 0 Å². The van der Waals surface area contributed by atoms with Gasteiger partial charge in [0.25, 0.3) is 0 Å². The molecule has 0 spiro atoms. The Morgan fingerprint density at radius 1 is 1.43 bits per heavy atom. The molecule has 1 unspecified atom stereocenters. The molecule has 2 rings (SSSR count). The summed E-state index contributed by atoms with van der Waals surface area (Å²) in [5.41, 5.74) is 1.06. The number of carbonyl (C=O) groups excluding carboxylic acids is 1. The molecule has 72 valence electrons. The van der Waals surface area contributed by atoms with Crippen molar-refractivity contribution >= 4 is 11.8 Å². The number of hydrogen-bond donors (Lipinski definition) is 2. The zero-order chi connectivity index (χ0) is 10.1. The van der Waals surface area contributed by atoms with Crippen LogP contribution >= 0.6 is 0 Å². The Bertz CT molecular complexity index is 400. The summed E-state index contributed by atoms with van der Waals surface area (Å²) in [6, 6.07) is 6.03. The molecule has 1 aliphatic heterocycles. The highest BCUT2D eigenvalue weighted by Gasteiger charge is 2.29. The van der Waals surface area contributed by atoms with E-state index < -0.39 is 12.0 Å². The maximum Gasteiger partial charge on any atom is 0.325 e. The number of carboxylic acid groups (broad SMARTS) is 1. The van der Waals surface area contributed by atoms with Gasteiger partial charge in [0.15, 0.2) is 5.78 Å². The molecule has 4 heteroatoms. The molecule has 0 bridgehead atoms. The molecule has 1 atom stereocenters. The summed E-state index contributed by atoms with van der Waals surface area (Å²) >= 11 is 0. The third kappa shape index (κ3) is 1.29. The normalized spacial score (nSPS) is 20.3. The van der Waals surface area contributed by atoms with Crippen LogP contribution in [0.5, 0.6) is 0 Å². The second-order valence-electron chi connectivity index (χ2n) is 3.16. The summed E-state index contributed by atoms with van der Waals surface area (Å²) in [4.78, 5) is 22.2. The largest absolute Gasteiger partial charge is 0.480 e. The fourth-order valence-corrected chi connectivity index (χ4v) is 1.62. The Morgan fingerprint density at radius 2 is 2.14 bits per heavy atom. The topological polar surface area (TPSA) is 66.4 Å². The minimum atomic E-state index is -0.954. The monoisotopic (exact) mass is 191 g/mol. The van der Waals surface area contributed by atoms with Crippen LogP contribution in [0.15, 0.2) is 24.3 Å². The van der Waals surface area contributed by atoms with Gasteiger partial charge in [-0.25, -0.2) is 0 Å². The lowest BCUT2D eigenvalue weighted by atomic mass is 9.94. The van der Waals surface area contributed by atoms with Crippen molar-refractivity contribution < 1.29 is 14.7 Å². The van der Waals surface area contributed by atoms with E-state index in [2.05, 4.69) is 5.32 Å². The number of hydrogen-bond acceptors (Lipinski definition) is 3. The van der Waals surface area contributed by atoms with Gasteiger partial charge < -0.3 is 5.11 Å². The van der Waals surface area contributed by atoms with E-state index in [-0.39, 0.29) is 12.3 Å². The molecule has 1 aliphatic rings. The highest BCUT2D eigenvalue weighted by atomic mass is 16.4. The SMILES string of the molecule is O=C1CNC(C(=O)O)c2ccccc21. The lowest BCUT2D eigenvalue weighted by Crippen LogP contribution is -2.38. The number of fused-ring (bicyclic) bond motifs is 1. The van der Waals surface area contributed by atoms with Crippen molar-refractivity contribution in [2.75, 3.05) is 6.54 Å². The zero-order valence-corrected chi connectivity index (χ0v) is 7.36. The van der Waals surface area contributed by atoms with Gasteiger partial charge in [-0.15, -0.1) is 0 Å². The van der Waals surface area contributed by atoms with Crippen LogP contribution in [0.2, 0.25) is 0 Å². The van der Waals surface area contributed by atoms with Crippen LogP contribution in [0.25, 0.3) is 0 Å². The summed E-state index contributed by atoms with van der Waals surface area (Å²) in [5, 5.41) is 11.6. The fourth-order valence-electron chi connectivity index (χ4n) is 1.62. The van der Waals surface area contributed by atoms with Crippen LogP contribution < -0.4 is 5.32 Å². The summed E-state index contributed by atoms with van der Waals surface area (Å²) < 4.78 is 0. The molecule has 14 heavy (non-hydrogen) atoms. The van der Waals surface area contributed by atoms with Gasteiger partial charge in [-0.2, -0.15) is 0 Å². The van der Waals surface area contributed by atoms with Gasteiger partial charge in [-0.3, -0.25) is 14.9 Å². The van der Waals surface area contributed by atoms with Crippen LogP contribution in [-0.4, -0.2) is 23.4 Å². The van der Waals surface area contributed by atoms with E-state index in [4.69, 9.17) is 5.11 Å². The molecular weight excluding hydrogens is 182 g/mol. The average molecular weight is 191 g/mol. The number of nitrogens with one attached hydrogen (secondary N) is 1. The Labute approximate surface area is 80.6 Å². The molecule has 0 radical (unpaired) electrons. The number of ketones is 1. The van der Waals surface area contributed by atoms with Gasteiger partial charge in [-0.05, 0) is 5.56 Å². The molecule has 4 nitrogen and oxygen atoms in total. The second kappa shape index (κ2) is 3.23. The van der Waals surface area contributed by atoms with Crippen LogP contribution in [0.1, 0.15) is 22.0 Å². The van der Waals surface area contributed by atoms with Gasteiger partial charge >= 0.3 is 5.97 Å². The van der Waals surface area contributed by atoms with E-state index in [1.165, 1.54) is 0 Å². The number of rotatable bonds is 1. The molecule has 1 aromatic carbocycles. The first kappa shape index (κ1) is 8.90. The zero-order valence-electron chi connectivity index (χ0n) is 7.36. The number of Topliss-reactive ketones (excluding diaryl/α,β-unsaturated/α-hetero) is 1. The number of carbonyl (C=O) groups is 2. The van der Waals surface area contributed by atoms with Crippen LogP contribution in [0.4, 0.5) is 0 Å². The number of benzene rings is 1. The van der Waals surface area contributed by atoms with E-state index in [1.54, 1.807) is 24.3 Å². The second-order valence-corrected chi connectivity index (χ2v) is 3.16. The lowest BCUT2D eigenvalue weighted by Gasteiger charge is -2.22. The number of aliphatic carboxylic acids is 1. The molecule has 0 fully saturated rings. The lowest BCUT2D eigenvalue weighted by molar-refractivity contribution is -0.139. The summed E-state index contributed by atoms with van der Waals surface area (Å²) in [5.74, 6) is -1.01. The van der Waals surface area contributed by atoms with Crippen molar-refractivity contribution in [3.05, 3.63) is 35.4 Å². The third-order valence-corrected chi connectivity index (χ3v) is 2.29. The maximum atomic E-state index is 11.4. The Morgan fingerprint density at radius 3 is 2.86 bits per heavy atom. The molecule has 1 heterocycles. The quantitative estimate of drug-likeness (QED) is 0.682. The van der Waals surface area contributed by atoms with E-state index in [0.717, 1.165) is 0 Å². The molecule has 0 aromatic heterocycles. The Hall–Kier alpha value is -1.68. The van der Waals surface area contributed by atoms with Gasteiger partial charge in [0, 0.05) is 5.56 Å². The van der Waals surface area contributed by atoms with Crippen molar-refractivity contribution in [3.63, 3.8) is 0 Å². The first-order valence-electron chi connectivity index (χ1n) is 4.28. The van der Waals surface area contributed by atoms with E-state index in [0.29, 0.717) is 11.1 Å². The molecule has 2 N–H and O–H groups in total. The standard InChI is InChI=1S/C10H9NO3/c12-8-5-11-9(10(13)14)7-4-2-1-3-6(7)8/h1-4,9,11H,5H2,(H,13,14). The van der Waals surface area contributed by atoms with Crippen LogP contribution in [0.3, 0.4) is 0 Å². The molecule has 0 amide bonds. The van der Waals surface area contributed by atoms with E-state index in [9.17, 15) is 9.59 Å². The summed E-state index contributed by atoms with van der Waals surface area (Å²) in [6.45, 7) is 0.0912. The van der Waals surface area contributed by atoms with Crippen LogP contribution in [0, 0.1) is 0 Å². The smallest absolute Gasteiger partial charge is 0.325 e. The summed E-state index contributed by atoms with van der Waals surface area (Å²) in [6.07, 6.45) is 0. The predicted octanol–water partition coefficient (Wildman–Crippen LogP) is 0.598. The molecule has 0 saturated carbocycles. The molecule has 0 saturated heterocycles. The summed E-state index contributed by atoms with van der Waals surface area (Å²) in [7, 11) is 0. The highest BCUT2D eigenvalue weighted by molar-refractivity contribution is 6.02. The average Bonchev–Trinajstić information content (AvgIpc) is 2.18. The molecule has 1 aromatic rings. The highest BCUT2D eigenvalue weighted by Crippen LogP contribution is 2.22. The third-order valence-electron chi connectivity index (χ3n) is 2.29. The predicted molar refractivity (Wildman–Crippen MR) is 49.2 cm³/mol. The maximum absolute atomic E-state index is 11.4. The van der Waals surface area contributed by atoms with Crippen LogP contribution in [-0.2, 0) is 4.79 Å². The van der Waals surface area contributed by atoms with Crippen molar-refractivity contribution in [1.29, 1.82) is 0 Å². The van der Waals surface area contributed by atoms with Gasteiger partial charge in [0.05, 0.1) is 6.54 Å². The Balaban J connectivity index is 2.52. The first-order chi connectivity index (χ1) is 6.70. The van der Waals surface area contributed by atoms with Crippen molar-refractivity contribution in [2.24, 2.45) is 0 Å². The van der Waals surface area contributed by atoms with Crippen molar-refractivity contribution in [2.45, 2.75) is 6.04 Å². The van der Waals surface area contributed by atoms with Gasteiger partial charge in [0.2, 0.25) is 0 Å². The van der Waals surface area contributed by atoms with Gasteiger partial charge in [-0.1, -0.05) is 24.3 Å². The van der Waals surface area contributed by atoms with Gasteiger partial charge in [0.1, 0.15) is 6.04 Å². The fraction of sp³-hybridized carbons (Fsp3) is 0.200. The molecule has 0 aliphatic carbocycles. The number of carboxylic acids is 1. The minimum absolute atomic E-state index is 0.0573. The molecular formula is C10H9NO3.